The molecule has 0 bridgehead atoms. The summed E-state index contributed by atoms with van der Waals surface area (Å²) in [6.07, 6.45) is 4.74. The summed E-state index contributed by atoms with van der Waals surface area (Å²) in [5.41, 5.74) is 3.05. The van der Waals surface area contributed by atoms with E-state index in [9.17, 15) is 5.11 Å². The van der Waals surface area contributed by atoms with E-state index in [2.05, 4.69) is 4.98 Å². The lowest BCUT2D eigenvalue weighted by Crippen LogP contribution is -2.09. The number of aryl methyl sites for hydroxylation is 1. The molecule has 1 aromatic heterocycles. The fourth-order valence-corrected chi connectivity index (χ4v) is 2.19. The maximum Gasteiger partial charge on any atom is 0.119 e. The zero-order valence-electron chi connectivity index (χ0n) is 12.4. The molecule has 0 saturated carbocycles. The molecule has 0 spiro atoms. The molecular formula is C18H18N2O2. The third-order valence-electron chi connectivity index (χ3n) is 3.51. The highest BCUT2D eigenvalue weighted by Gasteiger charge is 2.08. The van der Waals surface area contributed by atoms with Crippen molar-refractivity contribution in [1.29, 1.82) is 0 Å². The first-order valence-corrected chi connectivity index (χ1v) is 7.18. The molecule has 1 unspecified atom stereocenters. The van der Waals surface area contributed by atoms with E-state index in [-0.39, 0.29) is 6.61 Å². The number of rotatable bonds is 5. The topological polar surface area (TPSA) is 47.3 Å². The number of nitrogens with zero attached hydrogens (tertiary/aromatic N) is 2. The van der Waals surface area contributed by atoms with Crippen molar-refractivity contribution >= 4 is 0 Å². The van der Waals surface area contributed by atoms with Crippen LogP contribution in [0.3, 0.4) is 0 Å². The van der Waals surface area contributed by atoms with Gasteiger partial charge >= 0.3 is 0 Å². The Kier molecular flexibility index (Phi) is 4.21. The van der Waals surface area contributed by atoms with Gasteiger partial charge in [-0.1, -0.05) is 29.8 Å². The molecule has 1 atom stereocenters. The van der Waals surface area contributed by atoms with Crippen LogP contribution in [0.2, 0.25) is 0 Å². The van der Waals surface area contributed by atoms with Crippen molar-refractivity contribution in [2.45, 2.75) is 13.0 Å². The van der Waals surface area contributed by atoms with Gasteiger partial charge in [-0.3, -0.25) is 0 Å². The number of hydrogen-bond donors (Lipinski definition) is 1. The van der Waals surface area contributed by atoms with E-state index in [4.69, 9.17) is 4.74 Å². The quantitative estimate of drug-likeness (QED) is 0.785. The molecule has 0 amide bonds. The standard InChI is InChI=1S/C18H18N2O2/c1-14-2-4-15(5-3-14)18(21)12-22-17-8-6-16(7-9-17)20-11-10-19-13-20/h2-11,13,18,21H,12H2,1H3. The number of aliphatic hydroxyl groups is 1. The predicted octanol–water partition coefficient (Wildman–Crippen LogP) is 3.29. The number of ether oxygens (including phenoxy) is 1. The van der Waals surface area contributed by atoms with Crippen molar-refractivity contribution in [3.8, 4) is 11.4 Å². The lowest BCUT2D eigenvalue weighted by Gasteiger charge is -2.13. The Labute approximate surface area is 129 Å². The summed E-state index contributed by atoms with van der Waals surface area (Å²) in [6.45, 7) is 2.25. The molecule has 0 aliphatic rings. The zero-order chi connectivity index (χ0) is 15.4. The first kappa shape index (κ1) is 14.4. The van der Waals surface area contributed by atoms with Gasteiger partial charge in [0.2, 0.25) is 0 Å². The van der Waals surface area contributed by atoms with Crippen LogP contribution in [0.25, 0.3) is 5.69 Å². The zero-order valence-corrected chi connectivity index (χ0v) is 12.4. The second-order valence-electron chi connectivity index (χ2n) is 5.20. The molecule has 1 N–H and O–H groups in total. The molecule has 4 heteroatoms. The van der Waals surface area contributed by atoms with Crippen LogP contribution in [0.5, 0.6) is 5.75 Å². The average molecular weight is 294 g/mol. The molecular weight excluding hydrogens is 276 g/mol. The molecule has 0 saturated heterocycles. The summed E-state index contributed by atoms with van der Waals surface area (Å²) in [7, 11) is 0. The minimum Gasteiger partial charge on any atom is -0.491 e. The monoisotopic (exact) mass is 294 g/mol. The lowest BCUT2D eigenvalue weighted by atomic mass is 10.1. The van der Waals surface area contributed by atoms with E-state index in [1.807, 2.05) is 66.2 Å². The molecule has 112 valence electrons. The second kappa shape index (κ2) is 6.45. The summed E-state index contributed by atoms with van der Waals surface area (Å²) < 4.78 is 7.57. The van der Waals surface area contributed by atoms with Crippen LogP contribution in [0.4, 0.5) is 0 Å². The number of aliphatic hydroxyl groups excluding tert-OH is 1. The summed E-state index contributed by atoms with van der Waals surface area (Å²) >= 11 is 0. The van der Waals surface area contributed by atoms with Crippen LogP contribution in [-0.4, -0.2) is 21.3 Å². The van der Waals surface area contributed by atoms with E-state index >= 15 is 0 Å². The number of aromatic nitrogens is 2. The van der Waals surface area contributed by atoms with Gasteiger partial charge in [-0.2, -0.15) is 0 Å². The molecule has 0 aliphatic carbocycles. The van der Waals surface area contributed by atoms with Gasteiger partial charge in [0.1, 0.15) is 18.5 Å². The Morgan fingerprint density at radius 2 is 1.82 bits per heavy atom. The first-order chi connectivity index (χ1) is 10.7. The highest BCUT2D eigenvalue weighted by atomic mass is 16.5. The Bertz CT molecular complexity index is 704. The van der Waals surface area contributed by atoms with Gasteiger partial charge in [0, 0.05) is 18.1 Å². The van der Waals surface area contributed by atoms with Gasteiger partial charge in [0.05, 0.1) is 6.33 Å². The van der Waals surface area contributed by atoms with E-state index in [0.29, 0.717) is 0 Å². The molecule has 0 aliphatic heterocycles. The van der Waals surface area contributed by atoms with E-state index in [1.165, 1.54) is 5.56 Å². The molecule has 0 radical (unpaired) electrons. The first-order valence-electron chi connectivity index (χ1n) is 7.18. The summed E-state index contributed by atoms with van der Waals surface area (Å²) in [5, 5.41) is 10.1. The van der Waals surface area contributed by atoms with Crippen LogP contribution >= 0.6 is 0 Å². The maximum absolute atomic E-state index is 10.1. The summed E-state index contributed by atoms with van der Waals surface area (Å²) in [6, 6.07) is 15.5. The van der Waals surface area contributed by atoms with Crippen LogP contribution < -0.4 is 4.74 Å². The molecule has 3 rings (SSSR count). The fourth-order valence-electron chi connectivity index (χ4n) is 2.19. The minimum absolute atomic E-state index is 0.230. The molecule has 22 heavy (non-hydrogen) atoms. The molecule has 0 fully saturated rings. The maximum atomic E-state index is 10.1. The predicted molar refractivity (Wildman–Crippen MR) is 85.2 cm³/mol. The number of imidazole rings is 1. The van der Waals surface area contributed by atoms with Gasteiger partial charge < -0.3 is 14.4 Å². The van der Waals surface area contributed by atoms with E-state index < -0.39 is 6.10 Å². The third kappa shape index (κ3) is 3.35. The Balaban J connectivity index is 1.60. The van der Waals surface area contributed by atoms with E-state index in [1.54, 1.807) is 12.5 Å². The lowest BCUT2D eigenvalue weighted by molar-refractivity contribution is 0.108. The second-order valence-corrected chi connectivity index (χ2v) is 5.20. The molecule has 1 heterocycles. The summed E-state index contributed by atoms with van der Waals surface area (Å²) in [4.78, 5) is 4.02. The van der Waals surface area contributed by atoms with Crippen molar-refractivity contribution in [2.24, 2.45) is 0 Å². The molecule has 3 aromatic rings. The largest absolute Gasteiger partial charge is 0.491 e. The van der Waals surface area contributed by atoms with Crippen molar-refractivity contribution < 1.29 is 9.84 Å². The average Bonchev–Trinajstić information content (AvgIpc) is 3.08. The van der Waals surface area contributed by atoms with E-state index in [0.717, 1.165) is 17.0 Å². The van der Waals surface area contributed by atoms with Crippen LogP contribution in [-0.2, 0) is 0 Å². The van der Waals surface area contributed by atoms with Gasteiger partial charge in [-0.05, 0) is 36.8 Å². The minimum atomic E-state index is -0.631. The fraction of sp³-hybridized carbons (Fsp3) is 0.167. The Morgan fingerprint density at radius 3 is 2.45 bits per heavy atom. The van der Waals surface area contributed by atoms with Crippen molar-refractivity contribution in [3.05, 3.63) is 78.4 Å². The van der Waals surface area contributed by atoms with Gasteiger partial charge in [-0.15, -0.1) is 0 Å². The van der Waals surface area contributed by atoms with Gasteiger partial charge in [-0.25, -0.2) is 4.98 Å². The Morgan fingerprint density at radius 1 is 1.09 bits per heavy atom. The summed E-state index contributed by atoms with van der Waals surface area (Å²) in [5.74, 6) is 0.732. The number of benzene rings is 2. The number of hydrogen-bond acceptors (Lipinski definition) is 3. The normalized spacial score (nSPS) is 12.1. The molecule has 4 nitrogen and oxygen atoms in total. The van der Waals surface area contributed by atoms with Gasteiger partial charge in [0.15, 0.2) is 0 Å². The van der Waals surface area contributed by atoms with Gasteiger partial charge in [0.25, 0.3) is 0 Å². The molecule has 2 aromatic carbocycles. The highest BCUT2D eigenvalue weighted by Crippen LogP contribution is 2.18. The van der Waals surface area contributed by atoms with Crippen LogP contribution in [0, 0.1) is 6.92 Å². The van der Waals surface area contributed by atoms with Crippen LogP contribution in [0.15, 0.2) is 67.3 Å². The highest BCUT2D eigenvalue weighted by molar-refractivity contribution is 5.37. The van der Waals surface area contributed by atoms with Crippen molar-refractivity contribution in [1.82, 2.24) is 9.55 Å². The third-order valence-corrected chi connectivity index (χ3v) is 3.51. The van der Waals surface area contributed by atoms with Crippen LogP contribution in [0.1, 0.15) is 17.2 Å². The Hall–Kier alpha value is -2.59. The van der Waals surface area contributed by atoms with Crippen molar-refractivity contribution in [2.75, 3.05) is 6.61 Å². The smallest absolute Gasteiger partial charge is 0.119 e. The SMILES string of the molecule is Cc1ccc(C(O)COc2ccc(-n3ccnc3)cc2)cc1. The van der Waals surface area contributed by atoms with Crippen molar-refractivity contribution in [3.63, 3.8) is 0 Å².